The predicted octanol–water partition coefficient (Wildman–Crippen LogP) is 7.83. The van der Waals surface area contributed by atoms with Gasteiger partial charge < -0.3 is 18.9 Å². The maximum atomic E-state index is 14.3. The van der Waals surface area contributed by atoms with Crippen LogP contribution in [-0.2, 0) is 16.1 Å². The second-order valence-electron chi connectivity index (χ2n) is 9.86. The van der Waals surface area contributed by atoms with Crippen molar-refractivity contribution in [2.24, 2.45) is 4.99 Å². The van der Waals surface area contributed by atoms with Crippen LogP contribution in [0.1, 0.15) is 36.6 Å². The van der Waals surface area contributed by atoms with Crippen LogP contribution in [0.2, 0.25) is 10.0 Å². The van der Waals surface area contributed by atoms with Crippen molar-refractivity contribution in [2.45, 2.75) is 26.5 Å². The molecule has 0 N–H and O–H groups in total. The number of carbonyl (C=O) groups is 1. The van der Waals surface area contributed by atoms with E-state index in [-0.39, 0.29) is 24.3 Å². The first-order valence-electron chi connectivity index (χ1n) is 13.6. The third-order valence-electron chi connectivity index (χ3n) is 7.03. The fourth-order valence-corrected chi connectivity index (χ4v) is 8.68. The van der Waals surface area contributed by atoms with Gasteiger partial charge in [-0.3, -0.25) is 9.36 Å². The number of rotatable bonds is 9. The Hall–Kier alpha value is -2.36. The monoisotopic (exact) mass is 920 g/mol. The molecule has 0 radical (unpaired) electrons. The van der Waals surface area contributed by atoms with Crippen LogP contribution in [0.3, 0.4) is 0 Å². The summed E-state index contributed by atoms with van der Waals surface area (Å²) in [6.07, 6.45) is 1.76. The standard InChI is InChI=1S/C32H25Br2Cl2IN2O6S/c1-5-44-31(41)27-15(2)38-32-39(28(27)20-12-24(42-3)25(43-4)13-21(20)34)30(40)26(46-32)9-17-8-18(33)10-23(37)29(17)45-14-16-6-7-19(35)11-22(16)36/h6-13,28H,5,14H2,1-4H3/b26-9-/t28-/m0/s1. The molecule has 0 bridgehead atoms. The fourth-order valence-electron chi connectivity index (χ4n) is 4.93. The smallest absolute Gasteiger partial charge is 0.338 e. The SMILES string of the molecule is CCOC(=O)C1=C(C)N=c2s/c(=C\c3cc(Br)cc(I)c3OCc3ccc(Cl)cc3Cl)c(=O)n2[C@H]1c1cc(OC)c(OC)cc1Br. The number of fused-ring (bicyclic) bond motifs is 1. The number of thiazole rings is 1. The summed E-state index contributed by atoms with van der Waals surface area (Å²) < 4.78 is 26.9. The van der Waals surface area contributed by atoms with E-state index in [0.29, 0.717) is 57.9 Å². The lowest BCUT2D eigenvalue weighted by Gasteiger charge is -2.26. The lowest BCUT2D eigenvalue weighted by atomic mass is 9.95. The first kappa shape index (κ1) is 35.0. The lowest BCUT2D eigenvalue weighted by molar-refractivity contribution is -0.139. The number of benzene rings is 3. The van der Waals surface area contributed by atoms with Gasteiger partial charge in [0.2, 0.25) is 0 Å². The van der Waals surface area contributed by atoms with Crippen LogP contribution in [0, 0.1) is 3.57 Å². The summed E-state index contributed by atoms with van der Waals surface area (Å²) in [5.74, 6) is 0.929. The van der Waals surface area contributed by atoms with E-state index in [1.165, 1.54) is 30.1 Å². The molecule has 5 rings (SSSR count). The Balaban J connectivity index is 1.69. The Morgan fingerprint density at radius 2 is 1.83 bits per heavy atom. The molecule has 1 aliphatic heterocycles. The van der Waals surface area contributed by atoms with Crippen molar-refractivity contribution in [3.63, 3.8) is 0 Å². The summed E-state index contributed by atoms with van der Waals surface area (Å²) in [5.41, 5.74) is 2.38. The molecule has 4 aromatic rings. The Bertz CT molecular complexity index is 2080. The van der Waals surface area contributed by atoms with E-state index < -0.39 is 12.0 Å². The third-order valence-corrected chi connectivity index (χ3v) is 10.5. The van der Waals surface area contributed by atoms with Gasteiger partial charge in [0.1, 0.15) is 12.4 Å². The van der Waals surface area contributed by atoms with Crippen molar-refractivity contribution in [1.29, 1.82) is 0 Å². The highest BCUT2D eigenvalue weighted by molar-refractivity contribution is 14.1. The fraction of sp³-hybridized carbons (Fsp3) is 0.219. The van der Waals surface area contributed by atoms with Crippen LogP contribution in [0.5, 0.6) is 17.2 Å². The van der Waals surface area contributed by atoms with Crippen LogP contribution >= 0.6 is 89.0 Å². The first-order valence-corrected chi connectivity index (χ1v) is 17.9. The van der Waals surface area contributed by atoms with Gasteiger partial charge in [-0.2, -0.15) is 0 Å². The Morgan fingerprint density at radius 3 is 2.50 bits per heavy atom. The molecule has 0 aliphatic carbocycles. The molecule has 2 heterocycles. The topological polar surface area (TPSA) is 88.4 Å². The summed E-state index contributed by atoms with van der Waals surface area (Å²) >= 11 is 23.1. The minimum absolute atomic E-state index is 0.158. The van der Waals surface area contributed by atoms with E-state index in [9.17, 15) is 9.59 Å². The number of aromatic nitrogens is 1. The number of methoxy groups -OCH3 is 2. The molecule has 46 heavy (non-hydrogen) atoms. The molecule has 0 unspecified atom stereocenters. The van der Waals surface area contributed by atoms with E-state index in [0.717, 1.165) is 13.6 Å². The number of halogens is 5. The Kier molecular flexibility index (Phi) is 11.3. The van der Waals surface area contributed by atoms with Gasteiger partial charge in [0, 0.05) is 30.1 Å². The lowest BCUT2D eigenvalue weighted by Crippen LogP contribution is -2.40. The number of hydrogen-bond acceptors (Lipinski definition) is 8. The molecule has 0 saturated carbocycles. The van der Waals surface area contributed by atoms with E-state index in [1.807, 2.05) is 18.2 Å². The number of allylic oxidation sites excluding steroid dienone is 1. The van der Waals surface area contributed by atoms with E-state index >= 15 is 0 Å². The van der Waals surface area contributed by atoms with E-state index in [4.69, 9.17) is 42.1 Å². The van der Waals surface area contributed by atoms with Gasteiger partial charge >= 0.3 is 5.97 Å². The molecular formula is C32H25Br2Cl2IN2O6S. The van der Waals surface area contributed by atoms with Crippen LogP contribution in [-0.4, -0.2) is 31.4 Å². The number of ether oxygens (including phenoxy) is 4. The predicted molar refractivity (Wildman–Crippen MR) is 195 cm³/mol. The summed E-state index contributed by atoms with van der Waals surface area (Å²) in [7, 11) is 3.06. The van der Waals surface area contributed by atoms with Gasteiger partial charge in [-0.25, -0.2) is 9.79 Å². The van der Waals surface area contributed by atoms with Gasteiger partial charge in [0.05, 0.1) is 46.2 Å². The quantitative estimate of drug-likeness (QED) is 0.126. The molecule has 3 aromatic carbocycles. The zero-order valence-corrected chi connectivity index (χ0v) is 32.4. The zero-order valence-electron chi connectivity index (χ0n) is 24.8. The van der Waals surface area contributed by atoms with Crippen LogP contribution in [0.15, 0.2) is 72.5 Å². The van der Waals surface area contributed by atoms with Gasteiger partial charge in [0.25, 0.3) is 5.56 Å². The highest BCUT2D eigenvalue weighted by atomic mass is 127. The largest absolute Gasteiger partial charge is 0.493 e. The first-order chi connectivity index (χ1) is 22.0. The van der Waals surface area contributed by atoms with Gasteiger partial charge in [-0.15, -0.1) is 0 Å². The highest BCUT2D eigenvalue weighted by Gasteiger charge is 2.35. The minimum Gasteiger partial charge on any atom is -0.493 e. The summed E-state index contributed by atoms with van der Waals surface area (Å²) in [5, 5.41) is 1.02. The number of nitrogens with zero attached hydrogens (tertiary/aromatic N) is 2. The van der Waals surface area contributed by atoms with Crippen molar-refractivity contribution < 1.29 is 23.7 Å². The third kappa shape index (κ3) is 7.07. The van der Waals surface area contributed by atoms with Crippen molar-refractivity contribution in [3.8, 4) is 17.2 Å². The van der Waals surface area contributed by atoms with E-state index in [2.05, 4.69) is 59.4 Å². The molecule has 240 valence electrons. The normalized spacial score (nSPS) is 14.5. The van der Waals surface area contributed by atoms with Crippen LogP contribution in [0.4, 0.5) is 0 Å². The molecule has 14 heteroatoms. The molecule has 1 atom stereocenters. The average Bonchev–Trinajstić information content (AvgIpc) is 3.30. The Labute approximate surface area is 309 Å². The highest BCUT2D eigenvalue weighted by Crippen LogP contribution is 2.41. The molecular weight excluding hydrogens is 898 g/mol. The van der Waals surface area contributed by atoms with Crippen molar-refractivity contribution in [2.75, 3.05) is 20.8 Å². The second-order valence-corrected chi connectivity index (χ2v) is 14.6. The van der Waals surface area contributed by atoms with Crippen molar-refractivity contribution in [3.05, 3.63) is 113 Å². The molecule has 0 saturated heterocycles. The summed E-state index contributed by atoms with van der Waals surface area (Å²) in [6.45, 7) is 3.80. The van der Waals surface area contributed by atoms with Crippen LogP contribution in [0.25, 0.3) is 6.08 Å². The zero-order chi connectivity index (χ0) is 33.3. The van der Waals surface area contributed by atoms with E-state index in [1.54, 1.807) is 44.2 Å². The summed E-state index contributed by atoms with van der Waals surface area (Å²) in [4.78, 5) is 32.8. The molecule has 1 aromatic heterocycles. The average molecular weight is 923 g/mol. The van der Waals surface area contributed by atoms with Gasteiger partial charge in [-0.1, -0.05) is 72.5 Å². The van der Waals surface area contributed by atoms with Crippen LogP contribution < -0.4 is 29.1 Å². The van der Waals surface area contributed by atoms with Gasteiger partial charge in [0.15, 0.2) is 16.3 Å². The summed E-state index contributed by atoms with van der Waals surface area (Å²) in [6, 6.07) is 11.6. The minimum atomic E-state index is -0.864. The van der Waals surface area contributed by atoms with Crippen molar-refractivity contribution >= 4 is 101 Å². The number of esters is 1. The maximum Gasteiger partial charge on any atom is 0.338 e. The van der Waals surface area contributed by atoms with Gasteiger partial charge in [-0.05, 0) is 84.5 Å². The molecule has 0 amide bonds. The molecule has 8 nitrogen and oxygen atoms in total. The van der Waals surface area contributed by atoms with Crippen molar-refractivity contribution in [1.82, 2.24) is 4.57 Å². The number of carbonyl (C=O) groups excluding carboxylic acids is 1. The molecule has 1 aliphatic rings. The molecule has 0 spiro atoms. The number of hydrogen-bond donors (Lipinski definition) is 0. The molecule has 0 fully saturated rings. The maximum absolute atomic E-state index is 14.3. The second kappa shape index (κ2) is 14.8. The Morgan fingerprint density at radius 1 is 1.11 bits per heavy atom.